The summed E-state index contributed by atoms with van der Waals surface area (Å²) in [5.74, 6) is 0.436. The van der Waals surface area contributed by atoms with Crippen molar-refractivity contribution in [3.05, 3.63) is 67.0 Å². The van der Waals surface area contributed by atoms with Crippen molar-refractivity contribution >= 4 is 28.2 Å². The number of anilines is 3. The number of para-hydroxylation sites is 3. The van der Waals surface area contributed by atoms with Crippen LogP contribution < -0.4 is 11.1 Å². The molecule has 0 aliphatic carbocycles. The molecule has 0 atom stereocenters. The quantitative estimate of drug-likeness (QED) is 0.605. The van der Waals surface area contributed by atoms with Gasteiger partial charge in [-0.2, -0.15) is 0 Å². The Morgan fingerprint density at radius 3 is 2.62 bits per heavy atom. The van der Waals surface area contributed by atoms with E-state index in [4.69, 9.17) is 5.73 Å². The van der Waals surface area contributed by atoms with E-state index < -0.39 is 0 Å². The van der Waals surface area contributed by atoms with Crippen molar-refractivity contribution in [2.75, 3.05) is 11.1 Å². The van der Waals surface area contributed by atoms with Gasteiger partial charge in [0.15, 0.2) is 11.6 Å². The zero-order valence-electron chi connectivity index (χ0n) is 12.5. The van der Waals surface area contributed by atoms with Gasteiger partial charge in [0, 0.05) is 0 Å². The third-order valence-electron chi connectivity index (χ3n) is 3.67. The smallest absolute Gasteiger partial charge is 0.167 e. The molecule has 7 heteroatoms. The summed E-state index contributed by atoms with van der Waals surface area (Å²) in [6.07, 6.45) is 3.03. The Morgan fingerprint density at radius 2 is 1.75 bits per heavy atom. The number of nitrogen functional groups attached to an aromatic ring is 1. The fourth-order valence-corrected chi connectivity index (χ4v) is 2.50. The molecule has 4 rings (SSSR count). The van der Waals surface area contributed by atoms with Gasteiger partial charge in [-0.1, -0.05) is 24.3 Å². The van der Waals surface area contributed by atoms with Crippen LogP contribution in [0.1, 0.15) is 0 Å². The van der Waals surface area contributed by atoms with E-state index >= 15 is 0 Å². The van der Waals surface area contributed by atoms with Crippen LogP contribution in [0.5, 0.6) is 0 Å². The predicted octanol–water partition coefficient (Wildman–Crippen LogP) is 3.28. The van der Waals surface area contributed by atoms with E-state index in [-0.39, 0.29) is 5.82 Å². The number of imidazole rings is 1. The molecule has 6 nitrogen and oxygen atoms in total. The molecule has 0 aliphatic heterocycles. The fourth-order valence-electron chi connectivity index (χ4n) is 2.50. The topological polar surface area (TPSA) is 81.6 Å². The van der Waals surface area contributed by atoms with Crippen molar-refractivity contribution < 1.29 is 4.39 Å². The molecule has 0 saturated carbocycles. The van der Waals surface area contributed by atoms with Gasteiger partial charge in [0.2, 0.25) is 0 Å². The summed E-state index contributed by atoms with van der Waals surface area (Å²) in [5.41, 5.74) is 8.52. The van der Waals surface area contributed by atoms with E-state index in [1.54, 1.807) is 29.1 Å². The van der Waals surface area contributed by atoms with E-state index in [1.807, 2.05) is 24.3 Å². The minimum absolute atomic E-state index is 0.296. The van der Waals surface area contributed by atoms with E-state index in [0.29, 0.717) is 23.0 Å². The van der Waals surface area contributed by atoms with Gasteiger partial charge >= 0.3 is 0 Å². The standard InChI is InChI=1S/C17H13FN6/c18-11-5-1-2-6-12(11)23-16-15(19)17(21-9-20-16)24-10-22-13-7-3-4-8-14(13)24/h1-10H,19H2,(H,20,21,23). The zero-order chi connectivity index (χ0) is 16.5. The van der Waals surface area contributed by atoms with Crippen molar-refractivity contribution in [1.29, 1.82) is 0 Å². The molecule has 118 valence electrons. The van der Waals surface area contributed by atoms with Crippen LogP contribution in [0, 0.1) is 5.82 Å². The van der Waals surface area contributed by atoms with E-state index in [2.05, 4.69) is 20.3 Å². The number of nitrogens with zero attached hydrogens (tertiary/aromatic N) is 4. The van der Waals surface area contributed by atoms with Gasteiger partial charge in [-0.25, -0.2) is 19.3 Å². The van der Waals surface area contributed by atoms with Crippen LogP contribution in [0.2, 0.25) is 0 Å². The van der Waals surface area contributed by atoms with Crippen molar-refractivity contribution in [2.45, 2.75) is 0 Å². The predicted molar refractivity (Wildman–Crippen MR) is 90.8 cm³/mol. The number of nitrogens with one attached hydrogen (secondary N) is 1. The molecule has 0 bridgehead atoms. The number of halogens is 1. The molecule has 0 amide bonds. The molecule has 4 aromatic rings. The van der Waals surface area contributed by atoms with Crippen LogP contribution in [-0.2, 0) is 0 Å². The van der Waals surface area contributed by atoms with Gasteiger partial charge in [-0.15, -0.1) is 0 Å². The number of fused-ring (bicyclic) bond motifs is 1. The number of hydrogen-bond donors (Lipinski definition) is 2. The van der Waals surface area contributed by atoms with Crippen LogP contribution in [0.15, 0.2) is 61.2 Å². The lowest BCUT2D eigenvalue weighted by molar-refractivity contribution is 0.632. The van der Waals surface area contributed by atoms with E-state index in [0.717, 1.165) is 11.0 Å². The van der Waals surface area contributed by atoms with Gasteiger partial charge in [-0.05, 0) is 24.3 Å². The Kier molecular flexibility index (Phi) is 3.31. The minimum Gasteiger partial charge on any atom is -0.393 e. The minimum atomic E-state index is -0.384. The van der Waals surface area contributed by atoms with Gasteiger partial charge in [0.05, 0.1) is 16.7 Å². The maximum absolute atomic E-state index is 13.8. The first kappa shape index (κ1) is 14.1. The summed E-state index contributed by atoms with van der Waals surface area (Å²) in [7, 11) is 0. The summed E-state index contributed by atoms with van der Waals surface area (Å²) in [6.45, 7) is 0. The second kappa shape index (κ2) is 5.62. The maximum atomic E-state index is 13.8. The molecule has 0 aliphatic rings. The average Bonchev–Trinajstić information content (AvgIpc) is 3.03. The lowest BCUT2D eigenvalue weighted by Gasteiger charge is -2.12. The van der Waals surface area contributed by atoms with Crippen LogP contribution in [0.25, 0.3) is 16.9 Å². The number of hydrogen-bond acceptors (Lipinski definition) is 5. The Labute approximate surface area is 136 Å². The second-order valence-electron chi connectivity index (χ2n) is 5.17. The normalized spacial score (nSPS) is 10.9. The molecule has 24 heavy (non-hydrogen) atoms. The SMILES string of the molecule is Nc1c(Nc2ccccc2F)ncnc1-n1cnc2ccccc21. The number of nitrogens with two attached hydrogens (primary N) is 1. The zero-order valence-corrected chi connectivity index (χ0v) is 12.5. The molecular formula is C17H13FN6. The Balaban J connectivity index is 1.80. The number of benzene rings is 2. The lowest BCUT2D eigenvalue weighted by atomic mass is 10.3. The molecule has 0 unspecified atom stereocenters. The molecule has 3 N–H and O–H groups in total. The van der Waals surface area contributed by atoms with Crippen LogP contribution in [0.4, 0.5) is 21.6 Å². The third kappa shape index (κ3) is 2.32. The third-order valence-corrected chi connectivity index (χ3v) is 3.67. The molecule has 0 spiro atoms. The summed E-state index contributed by atoms with van der Waals surface area (Å²) >= 11 is 0. The van der Waals surface area contributed by atoms with Crippen molar-refractivity contribution in [1.82, 2.24) is 19.5 Å². The first-order chi connectivity index (χ1) is 11.7. The second-order valence-corrected chi connectivity index (χ2v) is 5.17. The summed E-state index contributed by atoms with van der Waals surface area (Å²) < 4.78 is 15.6. The van der Waals surface area contributed by atoms with Crippen molar-refractivity contribution in [3.8, 4) is 5.82 Å². The van der Waals surface area contributed by atoms with Crippen LogP contribution in [-0.4, -0.2) is 19.5 Å². The first-order valence-corrected chi connectivity index (χ1v) is 7.28. The number of aromatic nitrogens is 4. The van der Waals surface area contributed by atoms with Crippen LogP contribution in [0.3, 0.4) is 0 Å². The van der Waals surface area contributed by atoms with E-state index in [1.165, 1.54) is 12.4 Å². The average molecular weight is 320 g/mol. The summed E-state index contributed by atoms with van der Waals surface area (Å²) in [5, 5.41) is 2.91. The molecule has 0 radical (unpaired) electrons. The van der Waals surface area contributed by atoms with Gasteiger partial charge in [0.25, 0.3) is 0 Å². The van der Waals surface area contributed by atoms with Crippen molar-refractivity contribution in [2.24, 2.45) is 0 Å². The highest BCUT2D eigenvalue weighted by Crippen LogP contribution is 2.28. The molecular weight excluding hydrogens is 307 g/mol. The Bertz CT molecular complexity index is 1030. The molecule has 0 saturated heterocycles. The summed E-state index contributed by atoms with van der Waals surface area (Å²) in [6, 6.07) is 14.0. The summed E-state index contributed by atoms with van der Waals surface area (Å²) in [4.78, 5) is 12.7. The lowest BCUT2D eigenvalue weighted by Crippen LogP contribution is -2.07. The highest BCUT2D eigenvalue weighted by molar-refractivity contribution is 5.81. The largest absolute Gasteiger partial charge is 0.393 e. The molecule has 2 heterocycles. The highest BCUT2D eigenvalue weighted by atomic mass is 19.1. The molecule has 0 fully saturated rings. The monoisotopic (exact) mass is 320 g/mol. The Morgan fingerprint density at radius 1 is 0.958 bits per heavy atom. The first-order valence-electron chi connectivity index (χ1n) is 7.28. The highest BCUT2D eigenvalue weighted by Gasteiger charge is 2.13. The van der Waals surface area contributed by atoms with Gasteiger partial charge in [0.1, 0.15) is 24.2 Å². The fraction of sp³-hybridized carbons (Fsp3) is 0. The number of rotatable bonds is 3. The van der Waals surface area contributed by atoms with Gasteiger partial charge in [-0.3, -0.25) is 4.57 Å². The van der Waals surface area contributed by atoms with Crippen LogP contribution >= 0.6 is 0 Å². The van der Waals surface area contributed by atoms with Gasteiger partial charge < -0.3 is 11.1 Å². The van der Waals surface area contributed by atoms with Crippen molar-refractivity contribution in [3.63, 3.8) is 0 Å². The Hall–Kier alpha value is -3.48. The van der Waals surface area contributed by atoms with E-state index in [9.17, 15) is 4.39 Å². The molecule has 2 aromatic heterocycles. The maximum Gasteiger partial charge on any atom is 0.167 e. The molecule has 2 aromatic carbocycles.